The maximum absolute atomic E-state index is 12.8. The number of nitrogens with one attached hydrogen (secondary N) is 1. The first-order chi connectivity index (χ1) is 13.6. The molecular formula is C21H18N4O3. The second-order valence-corrected chi connectivity index (χ2v) is 6.32. The summed E-state index contributed by atoms with van der Waals surface area (Å²) >= 11 is 0. The van der Waals surface area contributed by atoms with Crippen LogP contribution in [0, 0.1) is 13.8 Å². The van der Waals surface area contributed by atoms with Crippen LogP contribution in [0.1, 0.15) is 21.7 Å². The molecule has 0 unspecified atom stereocenters. The summed E-state index contributed by atoms with van der Waals surface area (Å²) in [6, 6.07) is 15.2. The van der Waals surface area contributed by atoms with Crippen LogP contribution in [0.25, 0.3) is 22.2 Å². The minimum absolute atomic E-state index is 0.262. The highest BCUT2D eigenvalue weighted by Crippen LogP contribution is 2.29. The lowest BCUT2D eigenvalue weighted by atomic mass is 10.1. The Morgan fingerprint density at radius 2 is 1.75 bits per heavy atom. The molecule has 0 aliphatic rings. The minimum Gasteiger partial charge on any atom is -0.467 e. The smallest absolute Gasteiger partial charge is 0.316 e. The Hall–Kier alpha value is -3.74. The number of hydrogen-bond donors (Lipinski definition) is 1. The van der Waals surface area contributed by atoms with E-state index in [-0.39, 0.29) is 11.9 Å². The molecular weight excluding hydrogens is 356 g/mol. The van der Waals surface area contributed by atoms with Gasteiger partial charge in [0, 0.05) is 11.1 Å². The van der Waals surface area contributed by atoms with Crippen molar-refractivity contribution in [3.63, 3.8) is 0 Å². The van der Waals surface area contributed by atoms with Crippen LogP contribution in [0.4, 0.5) is 5.69 Å². The van der Waals surface area contributed by atoms with Gasteiger partial charge in [-0.25, -0.2) is 0 Å². The highest BCUT2D eigenvalue weighted by molar-refractivity contribution is 6.07. The fourth-order valence-electron chi connectivity index (χ4n) is 3.02. The Morgan fingerprint density at radius 3 is 2.43 bits per heavy atom. The van der Waals surface area contributed by atoms with Gasteiger partial charge in [0.05, 0.1) is 29.6 Å². The summed E-state index contributed by atoms with van der Waals surface area (Å²) in [5.41, 5.74) is 3.91. The molecule has 4 rings (SSSR count). The van der Waals surface area contributed by atoms with Crippen molar-refractivity contribution in [3.05, 3.63) is 65.5 Å². The molecule has 0 spiro atoms. The van der Waals surface area contributed by atoms with Gasteiger partial charge in [0.15, 0.2) is 5.76 Å². The number of hydrogen-bond acceptors (Lipinski definition) is 6. The van der Waals surface area contributed by atoms with Gasteiger partial charge in [-0.05, 0) is 32.0 Å². The van der Waals surface area contributed by atoms with E-state index in [0.29, 0.717) is 33.9 Å². The number of nitrogens with zero attached hydrogens (tertiary/aromatic N) is 3. The third kappa shape index (κ3) is 3.18. The number of benzene rings is 2. The summed E-state index contributed by atoms with van der Waals surface area (Å²) in [5, 5.41) is 7.75. The highest BCUT2D eigenvalue weighted by Gasteiger charge is 2.16. The van der Waals surface area contributed by atoms with Gasteiger partial charge in [0.2, 0.25) is 0 Å². The number of carbonyl (C=O) groups excluding carboxylic acids is 1. The van der Waals surface area contributed by atoms with Crippen molar-refractivity contribution in [2.45, 2.75) is 13.8 Å². The zero-order valence-electron chi connectivity index (χ0n) is 15.7. The molecule has 4 aromatic rings. The van der Waals surface area contributed by atoms with E-state index in [9.17, 15) is 4.79 Å². The van der Waals surface area contributed by atoms with Crippen molar-refractivity contribution in [2.75, 3.05) is 12.4 Å². The molecule has 140 valence electrons. The molecule has 7 nitrogen and oxygen atoms in total. The maximum Gasteiger partial charge on any atom is 0.316 e. The van der Waals surface area contributed by atoms with Crippen molar-refractivity contribution in [1.29, 1.82) is 0 Å². The Balaban J connectivity index is 1.69. The number of anilines is 1. The van der Waals surface area contributed by atoms with E-state index < -0.39 is 0 Å². The van der Waals surface area contributed by atoms with Crippen LogP contribution < -0.4 is 10.1 Å². The molecule has 0 bridgehead atoms. The normalized spacial score (nSPS) is 10.8. The molecule has 0 aliphatic carbocycles. The number of aryl methyl sites for hydroxylation is 2. The van der Waals surface area contributed by atoms with Crippen LogP contribution >= 0.6 is 0 Å². The first-order valence-electron chi connectivity index (χ1n) is 8.72. The summed E-state index contributed by atoms with van der Waals surface area (Å²) in [4.78, 5) is 21.3. The van der Waals surface area contributed by atoms with Crippen molar-refractivity contribution in [1.82, 2.24) is 15.1 Å². The SMILES string of the molecule is COc1nc(C)c(NC(=O)c2ccc3noc(-c4ccccc4)c3c2)c(C)n1. The van der Waals surface area contributed by atoms with E-state index in [4.69, 9.17) is 9.26 Å². The number of aromatic nitrogens is 3. The summed E-state index contributed by atoms with van der Waals surface area (Å²) in [6.07, 6.45) is 0. The van der Waals surface area contributed by atoms with Gasteiger partial charge in [-0.3, -0.25) is 4.79 Å². The lowest BCUT2D eigenvalue weighted by molar-refractivity contribution is 0.102. The van der Waals surface area contributed by atoms with E-state index in [1.807, 2.05) is 30.3 Å². The minimum atomic E-state index is -0.262. The molecule has 0 aliphatic heterocycles. The van der Waals surface area contributed by atoms with E-state index >= 15 is 0 Å². The van der Waals surface area contributed by atoms with Gasteiger partial charge >= 0.3 is 6.01 Å². The first-order valence-corrected chi connectivity index (χ1v) is 8.72. The van der Waals surface area contributed by atoms with E-state index in [1.54, 1.807) is 32.0 Å². The highest BCUT2D eigenvalue weighted by atomic mass is 16.5. The first kappa shape index (κ1) is 17.7. The molecule has 0 fully saturated rings. The second kappa shape index (κ2) is 7.11. The van der Waals surface area contributed by atoms with Gasteiger partial charge in [-0.2, -0.15) is 9.97 Å². The van der Waals surface area contributed by atoms with Crippen LogP contribution in [0.5, 0.6) is 6.01 Å². The monoisotopic (exact) mass is 374 g/mol. The van der Waals surface area contributed by atoms with Crippen LogP contribution in [0.15, 0.2) is 53.1 Å². The van der Waals surface area contributed by atoms with Gasteiger partial charge in [-0.15, -0.1) is 0 Å². The largest absolute Gasteiger partial charge is 0.467 e. The fraction of sp³-hybridized carbons (Fsp3) is 0.143. The molecule has 0 saturated carbocycles. The lowest BCUT2D eigenvalue weighted by Gasteiger charge is -2.11. The Bertz CT molecular complexity index is 1150. The zero-order chi connectivity index (χ0) is 19.7. The van der Waals surface area contributed by atoms with Gasteiger partial charge in [0.1, 0.15) is 5.52 Å². The molecule has 1 amide bonds. The van der Waals surface area contributed by atoms with Crippen molar-refractivity contribution < 1.29 is 14.1 Å². The molecule has 28 heavy (non-hydrogen) atoms. The van der Waals surface area contributed by atoms with Crippen LogP contribution in [0.3, 0.4) is 0 Å². The second-order valence-electron chi connectivity index (χ2n) is 6.32. The number of methoxy groups -OCH3 is 1. The molecule has 2 aromatic heterocycles. The van der Waals surface area contributed by atoms with E-state index in [2.05, 4.69) is 20.4 Å². The summed E-state index contributed by atoms with van der Waals surface area (Å²) < 4.78 is 10.6. The van der Waals surface area contributed by atoms with Crippen molar-refractivity contribution in [3.8, 4) is 17.3 Å². The van der Waals surface area contributed by atoms with E-state index in [1.165, 1.54) is 7.11 Å². The van der Waals surface area contributed by atoms with E-state index in [0.717, 1.165) is 10.9 Å². The van der Waals surface area contributed by atoms with Crippen LogP contribution in [-0.4, -0.2) is 28.1 Å². The van der Waals surface area contributed by atoms with Crippen molar-refractivity contribution in [2.24, 2.45) is 0 Å². The van der Waals surface area contributed by atoms with Gasteiger partial charge in [-0.1, -0.05) is 35.5 Å². The maximum atomic E-state index is 12.8. The van der Waals surface area contributed by atoms with Crippen LogP contribution in [-0.2, 0) is 0 Å². The number of fused-ring (bicyclic) bond motifs is 1. The third-order valence-corrected chi connectivity index (χ3v) is 4.45. The Morgan fingerprint density at radius 1 is 1.04 bits per heavy atom. The lowest BCUT2D eigenvalue weighted by Crippen LogP contribution is -2.15. The number of ether oxygens (including phenoxy) is 1. The average Bonchev–Trinajstić information content (AvgIpc) is 3.14. The summed E-state index contributed by atoms with van der Waals surface area (Å²) in [5.74, 6) is 0.368. The fourth-order valence-corrected chi connectivity index (χ4v) is 3.02. The number of carbonyl (C=O) groups is 1. The van der Waals surface area contributed by atoms with Gasteiger partial charge < -0.3 is 14.6 Å². The Labute approximate surface area is 161 Å². The molecule has 0 radical (unpaired) electrons. The molecule has 0 saturated heterocycles. The summed E-state index contributed by atoms with van der Waals surface area (Å²) in [7, 11) is 1.50. The quantitative estimate of drug-likeness (QED) is 0.577. The zero-order valence-corrected chi connectivity index (χ0v) is 15.7. The average molecular weight is 374 g/mol. The molecule has 1 N–H and O–H groups in total. The summed E-state index contributed by atoms with van der Waals surface area (Å²) in [6.45, 7) is 3.59. The molecule has 0 atom stereocenters. The Kier molecular flexibility index (Phi) is 4.49. The number of amides is 1. The predicted octanol–water partition coefficient (Wildman–Crippen LogP) is 4.16. The topological polar surface area (TPSA) is 90.1 Å². The molecule has 2 heterocycles. The van der Waals surface area contributed by atoms with Crippen molar-refractivity contribution >= 4 is 22.5 Å². The van der Waals surface area contributed by atoms with Crippen LogP contribution in [0.2, 0.25) is 0 Å². The van der Waals surface area contributed by atoms with Gasteiger partial charge in [0.25, 0.3) is 5.91 Å². The standard InChI is InChI=1S/C21H18N4O3/c1-12-18(13(2)23-21(22-12)27-3)24-20(26)15-9-10-17-16(11-15)19(28-25-17)14-7-5-4-6-8-14/h4-11H,1-3H3,(H,24,26). The predicted molar refractivity (Wildman–Crippen MR) is 105 cm³/mol. The molecule has 2 aromatic carbocycles. The number of rotatable bonds is 4. The molecule has 7 heteroatoms. The third-order valence-electron chi connectivity index (χ3n) is 4.45.